The van der Waals surface area contributed by atoms with E-state index < -0.39 is 0 Å². The van der Waals surface area contributed by atoms with Crippen LogP contribution in [0.25, 0.3) is 0 Å². The van der Waals surface area contributed by atoms with Gasteiger partial charge < -0.3 is 10.1 Å². The molecule has 0 aromatic heterocycles. The first-order valence-electron chi connectivity index (χ1n) is 8.98. The molecule has 132 valence electrons. The van der Waals surface area contributed by atoms with Crippen molar-refractivity contribution in [3.63, 3.8) is 0 Å². The molecule has 0 radical (unpaired) electrons. The minimum absolute atomic E-state index is 0.183. The van der Waals surface area contributed by atoms with Gasteiger partial charge in [-0.3, -0.25) is 4.79 Å². The van der Waals surface area contributed by atoms with Crippen molar-refractivity contribution in [2.24, 2.45) is 0 Å². The number of hydrogen-bond donors (Lipinski definition) is 1. The summed E-state index contributed by atoms with van der Waals surface area (Å²) in [6, 6.07) is 24.7. The molecular formula is C23H23NO2. The minimum Gasteiger partial charge on any atom is -0.457 e. The molecule has 3 aromatic carbocycles. The monoisotopic (exact) mass is 345 g/mol. The first-order chi connectivity index (χ1) is 12.8. The Morgan fingerprint density at radius 3 is 2.31 bits per heavy atom. The highest BCUT2D eigenvalue weighted by Crippen LogP contribution is 2.26. The minimum atomic E-state index is -0.183. The first kappa shape index (κ1) is 17.7. The Bertz CT molecular complexity index is 842. The molecule has 0 unspecified atom stereocenters. The lowest BCUT2D eigenvalue weighted by Crippen LogP contribution is -2.13. The second-order valence-corrected chi connectivity index (χ2v) is 6.17. The van der Waals surface area contributed by atoms with Crippen LogP contribution < -0.4 is 10.1 Å². The van der Waals surface area contributed by atoms with Crippen LogP contribution in [-0.4, -0.2) is 5.91 Å². The molecule has 3 nitrogen and oxygen atoms in total. The van der Waals surface area contributed by atoms with Gasteiger partial charge in [-0.2, -0.15) is 0 Å². The summed E-state index contributed by atoms with van der Waals surface area (Å²) in [7, 11) is 0. The number of para-hydroxylation sites is 2. The van der Waals surface area contributed by atoms with Crippen LogP contribution in [0.3, 0.4) is 0 Å². The fourth-order valence-electron chi connectivity index (χ4n) is 2.69. The van der Waals surface area contributed by atoms with Crippen LogP contribution >= 0.6 is 0 Å². The van der Waals surface area contributed by atoms with Crippen molar-refractivity contribution in [3.05, 3.63) is 90.0 Å². The number of carbonyl (C=O) groups excluding carboxylic acids is 1. The maximum Gasteiger partial charge on any atom is 0.259 e. The number of aryl methyl sites for hydroxylation is 1. The lowest BCUT2D eigenvalue weighted by Gasteiger charge is -2.12. The molecule has 0 fully saturated rings. The van der Waals surface area contributed by atoms with Gasteiger partial charge in [0.15, 0.2) is 0 Å². The van der Waals surface area contributed by atoms with E-state index in [0.29, 0.717) is 17.1 Å². The molecule has 0 spiro atoms. The predicted molar refractivity (Wildman–Crippen MR) is 106 cm³/mol. The molecule has 0 bridgehead atoms. The summed E-state index contributed by atoms with van der Waals surface area (Å²) in [4.78, 5) is 12.7. The quantitative estimate of drug-likeness (QED) is 0.564. The van der Waals surface area contributed by atoms with E-state index in [1.54, 1.807) is 12.1 Å². The average molecular weight is 345 g/mol. The second kappa shape index (κ2) is 8.86. The molecule has 0 heterocycles. The topological polar surface area (TPSA) is 38.3 Å². The Morgan fingerprint density at radius 1 is 0.885 bits per heavy atom. The van der Waals surface area contributed by atoms with Crippen molar-refractivity contribution in [1.82, 2.24) is 0 Å². The van der Waals surface area contributed by atoms with Gasteiger partial charge in [0, 0.05) is 5.69 Å². The molecule has 26 heavy (non-hydrogen) atoms. The second-order valence-electron chi connectivity index (χ2n) is 6.17. The van der Waals surface area contributed by atoms with Gasteiger partial charge in [0.2, 0.25) is 0 Å². The van der Waals surface area contributed by atoms with Gasteiger partial charge in [0.1, 0.15) is 11.5 Å². The Labute approximate surface area is 154 Å². The van der Waals surface area contributed by atoms with E-state index in [9.17, 15) is 4.79 Å². The van der Waals surface area contributed by atoms with E-state index in [1.807, 2.05) is 54.6 Å². The molecule has 0 saturated carbocycles. The Morgan fingerprint density at radius 2 is 1.58 bits per heavy atom. The summed E-state index contributed by atoms with van der Waals surface area (Å²) < 4.78 is 5.87. The number of unbranched alkanes of at least 4 members (excludes halogenated alkanes) is 1. The SMILES string of the molecule is CCCCc1ccc(NC(=O)c2ccccc2Oc2ccccc2)cc1. The number of hydrogen-bond acceptors (Lipinski definition) is 2. The molecule has 1 N–H and O–H groups in total. The fourth-order valence-corrected chi connectivity index (χ4v) is 2.69. The van der Waals surface area contributed by atoms with Gasteiger partial charge in [0.25, 0.3) is 5.91 Å². The summed E-state index contributed by atoms with van der Waals surface area (Å²) in [5.74, 6) is 1.06. The third-order valence-electron chi connectivity index (χ3n) is 4.13. The van der Waals surface area contributed by atoms with Crippen LogP contribution in [0.4, 0.5) is 5.69 Å². The Kier molecular flexibility index (Phi) is 6.05. The highest BCUT2D eigenvalue weighted by molar-refractivity contribution is 6.06. The molecule has 1 amide bonds. The van der Waals surface area contributed by atoms with E-state index in [1.165, 1.54) is 18.4 Å². The van der Waals surface area contributed by atoms with Gasteiger partial charge in [-0.05, 0) is 54.8 Å². The zero-order chi connectivity index (χ0) is 18.2. The Balaban J connectivity index is 1.72. The number of nitrogens with one attached hydrogen (secondary N) is 1. The van der Waals surface area contributed by atoms with E-state index in [4.69, 9.17) is 4.74 Å². The van der Waals surface area contributed by atoms with Gasteiger partial charge in [-0.25, -0.2) is 0 Å². The molecule has 3 aromatic rings. The summed E-state index contributed by atoms with van der Waals surface area (Å²) in [5, 5.41) is 2.95. The third kappa shape index (κ3) is 4.73. The van der Waals surface area contributed by atoms with Gasteiger partial charge >= 0.3 is 0 Å². The van der Waals surface area contributed by atoms with E-state index in [0.717, 1.165) is 12.1 Å². The molecule has 0 aliphatic heterocycles. The standard InChI is InChI=1S/C23H23NO2/c1-2-3-9-18-14-16-19(17-15-18)24-23(25)21-12-7-8-13-22(21)26-20-10-5-4-6-11-20/h4-8,10-17H,2-3,9H2,1H3,(H,24,25). The number of anilines is 1. The number of ether oxygens (including phenoxy) is 1. The number of rotatable bonds is 7. The largest absolute Gasteiger partial charge is 0.457 e. The molecule has 0 aliphatic rings. The van der Waals surface area contributed by atoms with Crippen molar-refractivity contribution in [2.75, 3.05) is 5.32 Å². The van der Waals surface area contributed by atoms with Crippen molar-refractivity contribution >= 4 is 11.6 Å². The van der Waals surface area contributed by atoms with E-state index >= 15 is 0 Å². The van der Waals surface area contributed by atoms with Gasteiger partial charge in [-0.15, -0.1) is 0 Å². The summed E-state index contributed by atoms with van der Waals surface area (Å²) in [5.41, 5.74) is 2.58. The van der Waals surface area contributed by atoms with Gasteiger partial charge in [0.05, 0.1) is 5.56 Å². The van der Waals surface area contributed by atoms with Crippen molar-refractivity contribution in [2.45, 2.75) is 26.2 Å². The van der Waals surface area contributed by atoms with Crippen LogP contribution in [0, 0.1) is 0 Å². The van der Waals surface area contributed by atoms with E-state index in [2.05, 4.69) is 24.4 Å². The molecule has 0 aliphatic carbocycles. The maximum absolute atomic E-state index is 12.7. The van der Waals surface area contributed by atoms with Crippen LogP contribution in [0.15, 0.2) is 78.9 Å². The summed E-state index contributed by atoms with van der Waals surface area (Å²) in [6.07, 6.45) is 3.42. The zero-order valence-corrected chi connectivity index (χ0v) is 14.9. The summed E-state index contributed by atoms with van der Waals surface area (Å²) >= 11 is 0. The lowest BCUT2D eigenvalue weighted by atomic mass is 10.1. The summed E-state index contributed by atoms with van der Waals surface area (Å²) in [6.45, 7) is 2.18. The molecule has 0 saturated heterocycles. The number of amides is 1. The normalized spacial score (nSPS) is 10.3. The van der Waals surface area contributed by atoms with Crippen molar-refractivity contribution < 1.29 is 9.53 Å². The smallest absolute Gasteiger partial charge is 0.259 e. The molecular weight excluding hydrogens is 322 g/mol. The zero-order valence-electron chi connectivity index (χ0n) is 14.9. The van der Waals surface area contributed by atoms with Gasteiger partial charge in [-0.1, -0.05) is 55.8 Å². The Hall–Kier alpha value is -3.07. The van der Waals surface area contributed by atoms with E-state index in [-0.39, 0.29) is 5.91 Å². The van der Waals surface area contributed by atoms with Crippen molar-refractivity contribution in [3.8, 4) is 11.5 Å². The average Bonchev–Trinajstić information content (AvgIpc) is 2.68. The highest BCUT2D eigenvalue weighted by Gasteiger charge is 2.13. The molecule has 3 heteroatoms. The number of benzene rings is 3. The molecule has 3 rings (SSSR count). The predicted octanol–water partition coefficient (Wildman–Crippen LogP) is 6.07. The van der Waals surface area contributed by atoms with Crippen molar-refractivity contribution in [1.29, 1.82) is 0 Å². The maximum atomic E-state index is 12.7. The molecule has 0 atom stereocenters. The van der Waals surface area contributed by atoms with Crippen LogP contribution in [0.5, 0.6) is 11.5 Å². The van der Waals surface area contributed by atoms with Crippen LogP contribution in [0.1, 0.15) is 35.7 Å². The number of carbonyl (C=O) groups is 1. The van der Waals surface area contributed by atoms with Crippen LogP contribution in [-0.2, 0) is 6.42 Å². The first-order valence-corrected chi connectivity index (χ1v) is 8.98. The van der Waals surface area contributed by atoms with Crippen LogP contribution in [0.2, 0.25) is 0 Å². The highest BCUT2D eigenvalue weighted by atomic mass is 16.5. The lowest BCUT2D eigenvalue weighted by molar-refractivity contribution is 0.102. The fraction of sp³-hybridized carbons (Fsp3) is 0.174. The third-order valence-corrected chi connectivity index (χ3v) is 4.13.